The molecule has 0 aliphatic carbocycles. The molecule has 1 heterocycles. The number of aromatic nitrogens is 1. The Bertz CT molecular complexity index is 1110. The van der Waals surface area contributed by atoms with Crippen molar-refractivity contribution in [1.29, 1.82) is 0 Å². The van der Waals surface area contributed by atoms with E-state index in [4.69, 9.17) is 11.6 Å². The average Bonchev–Trinajstić information content (AvgIpc) is 2.77. The number of amides is 1. The number of nitrogens with zero attached hydrogens (tertiary/aromatic N) is 1. The number of carbonyl (C=O) groups excluding carboxylic acids is 1. The van der Waals surface area contributed by atoms with E-state index in [1.807, 2.05) is 60.7 Å². The molecule has 144 valence electrons. The summed E-state index contributed by atoms with van der Waals surface area (Å²) < 4.78 is 0. The zero-order chi connectivity index (χ0) is 20.2. The third-order valence-electron chi connectivity index (χ3n) is 4.88. The van der Waals surface area contributed by atoms with Crippen LogP contribution >= 0.6 is 11.6 Å². The van der Waals surface area contributed by atoms with Gasteiger partial charge in [0.1, 0.15) is 5.52 Å². The van der Waals surface area contributed by atoms with Crippen LogP contribution in [0.5, 0.6) is 5.75 Å². The fourth-order valence-corrected chi connectivity index (χ4v) is 3.73. The Morgan fingerprint density at radius 1 is 0.966 bits per heavy atom. The van der Waals surface area contributed by atoms with E-state index in [1.54, 1.807) is 24.4 Å². The van der Waals surface area contributed by atoms with Gasteiger partial charge >= 0.3 is 0 Å². The molecule has 5 heteroatoms. The monoisotopic (exact) mass is 402 g/mol. The molecule has 0 aliphatic heterocycles. The average molecular weight is 403 g/mol. The molecule has 4 aromatic rings. The first-order valence-electron chi connectivity index (χ1n) is 9.29. The lowest BCUT2D eigenvalue weighted by Crippen LogP contribution is -2.16. The predicted octanol–water partition coefficient (Wildman–Crippen LogP) is 5.75. The normalized spacial score (nSPS) is 11.0. The standard InChI is InChI=1S/C24H19ClN2O2/c25-20-15-21(24(29)23-18(20)12-7-13-26-23)27-22(28)14-19(16-8-3-1-4-9-16)17-10-5-2-6-11-17/h1-13,15,19,29H,14H2,(H,27,28). The van der Waals surface area contributed by atoms with Gasteiger partial charge in [0.05, 0.1) is 10.7 Å². The Balaban J connectivity index is 1.62. The highest BCUT2D eigenvalue weighted by Crippen LogP contribution is 2.37. The van der Waals surface area contributed by atoms with E-state index in [9.17, 15) is 9.90 Å². The summed E-state index contributed by atoms with van der Waals surface area (Å²) in [6.45, 7) is 0. The van der Waals surface area contributed by atoms with Crippen LogP contribution in [0.25, 0.3) is 10.9 Å². The van der Waals surface area contributed by atoms with Crippen molar-refractivity contribution >= 4 is 34.1 Å². The Kier molecular flexibility index (Phi) is 5.45. The van der Waals surface area contributed by atoms with Crippen molar-refractivity contribution in [3.8, 4) is 5.75 Å². The van der Waals surface area contributed by atoms with Crippen molar-refractivity contribution < 1.29 is 9.90 Å². The third-order valence-corrected chi connectivity index (χ3v) is 5.20. The number of pyridine rings is 1. The van der Waals surface area contributed by atoms with Crippen LogP contribution in [-0.2, 0) is 4.79 Å². The van der Waals surface area contributed by atoms with Gasteiger partial charge < -0.3 is 10.4 Å². The van der Waals surface area contributed by atoms with Crippen molar-refractivity contribution in [3.05, 3.63) is 101 Å². The molecule has 3 aromatic carbocycles. The molecule has 2 N–H and O–H groups in total. The molecule has 29 heavy (non-hydrogen) atoms. The number of halogens is 1. The second-order valence-corrected chi connectivity index (χ2v) is 7.19. The van der Waals surface area contributed by atoms with Gasteiger partial charge in [-0.1, -0.05) is 72.3 Å². The molecule has 0 saturated heterocycles. The summed E-state index contributed by atoms with van der Waals surface area (Å²) in [5.74, 6) is -0.410. The van der Waals surface area contributed by atoms with E-state index in [0.717, 1.165) is 11.1 Å². The van der Waals surface area contributed by atoms with Crippen molar-refractivity contribution in [2.75, 3.05) is 5.32 Å². The molecular formula is C24H19ClN2O2. The van der Waals surface area contributed by atoms with Gasteiger partial charge in [-0.05, 0) is 29.3 Å². The van der Waals surface area contributed by atoms with Gasteiger partial charge in [0.25, 0.3) is 0 Å². The molecule has 4 nitrogen and oxygen atoms in total. The van der Waals surface area contributed by atoms with Crippen LogP contribution in [0.4, 0.5) is 5.69 Å². The lowest BCUT2D eigenvalue weighted by Gasteiger charge is -2.18. The number of carbonyl (C=O) groups is 1. The largest absolute Gasteiger partial charge is 0.504 e. The van der Waals surface area contributed by atoms with E-state index >= 15 is 0 Å². The summed E-state index contributed by atoms with van der Waals surface area (Å²) in [5.41, 5.74) is 2.72. The van der Waals surface area contributed by atoms with E-state index in [0.29, 0.717) is 15.9 Å². The van der Waals surface area contributed by atoms with E-state index in [1.165, 1.54) is 0 Å². The van der Waals surface area contributed by atoms with Gasteiger partial charge in [-0.3, -0.25) is 9.78 Å². The zero-order valence-corrected chi connectivity index (χ0v) is 16.3. The second-order valence-electron chi connectivity index (χ2n) is 6.78. The van der Waals surface area contributed by atoms with Crippen LogP contribution in [0.2, 0.25) is 5.02 Å². The molecule has 1 amide bonds. The quantitative estimate of drug-likeness (QED) is 0.417. The van der Waals surface area contributed by atoms with Crippen LogP contribution < -0.4 is 5.32 Å². The van der Waals surface area contributed by atoms with E-state index in [-0.39, 0.29) is 29.7 Å². The van der Waals surface area contributed by atoms with Crippen molar-refractivity contribution in [3.63, 3.8) is 0 Å². The number of nitrogens with one attached hydrogen (secondary N) is 1. The van der Waals surface area contributed by atoms with Gasteiger partial charge in [-0.25, -0.2) is 0 Å². The maximum absolute atomic E-state index is 12.9. The molecule has 0 radical (unpaired) electrons. The van der Waals surface area contributed by atoms with Crippen LogP contribution in [0.15, 0.2) is 85.1 Å². The minimum atomic E-state index is -0.218. The van der Waals surface area contributed by atoms with Gasteiger partial charge in [0.15, 0.2) is 5.75 Å². The van der Waals surface area contributed by atoms with Gasteiger partial charge in [-0.2, -0.15) is 0 Å². The molecule has 0 atom stereocenters. The Morgan fingerprint density at radius 2 is 1.59 bits per heavy atom. The molecular weight excluding hydrogens is 384 g/mol. The van der Waals surface area contributed by atoms with Gasteiger partial charge in [-0.15, -0.1) is 0 Å². The molecule has 0 bridgehead atoms. The maximum atomic E-state index is 12.9. The van der Waals surface area contributed by atoms with Gasteiger partial charge in [0, 0.05) is 23.9 Å². The number of anilines is 1. The summed E-state index contributed by atoms with van der Waals surface area (Å²) in [4.78, 5) is 17.1. The molecule has 1 aromatic heterocycles. The molecule has 0 unspecified atom stereocenters. The number of phenols is 1. The van der Waals surface area contributed by atoms with E-state index < -0.39 is 0 Å². The lowest BCUT2D eigenvalue weighted by molar-refractivity contribution is -0.116. The Labute approximate surface area is 173 Å². The van der Waals surface area contributed by atoms with Crippen LogP contribution in [0.3, 0.4) is 0 Å². The number of rotatable bonds is 5. The summed E-state index contributed by atoms with van der Waals surface area (Å²) in [6, 6.07) is 24.9. The van der Waals surface area contributed by atoms with Crippen LogP contribution in [-0.4, -0.2) is 16.0 Å². The first-order chi connectivity index (χ1) is 14.1. The Hall–Kier alpha value is -3.37. The summed E-state index contributed by atoms with van der Waals surface area (Å²) in [5, 5.41) is 14.4. The molecule has 0 spiro atoms. The van der Waals surface area contributed by atoms with Crippen molar-refractivity contribution in [1.82, 2.24) is 4.98 Å². The van der Waals surface area contributed by atoms with E-state index in [2.05, 4.69) is 10.3 Å². The zero-order valence-electron chi connectivity index (χ0n) is 15.5. The van der Waals surface area contributed by atoms with Crippen molar-refractivity contribution in [2.24, 2.45) is 0 Å². The first kappa shape index (κ1) is 19.0. The SMILES string of the molecule is O=C(CC(c1ccccc1)c1ccccc1)Nc1cc(Cl)c2cccnc2c1O. The number of benzene rings is 3. The molecule has 0 fully saturated rings. The number of phenolic OH excluding ortho intramolecular Hbond substituents is 1. The van der Waals surface area contributed by atoms with Crippen LogP contribution in [0.1, 0.15) is 23.5 Å². The fourth-order valence-electron chi connectivity index (χ4n) is 3.47. The number of aromatic hydroxyl groups is 1. The lowest BCUT2D eigenvalue weighted by atomic mass is 9.88. The molecule has 0 saturated carbocycles. The maximum Gasteiger partial charge on any atom is 0.225 e. The topological polar surface area (TPSA) is 62.2 Å². The number of hydrogen-bond acceptors (Lipinski definition) is 3. The highest BCUT2D eigenvalue weighted by atomic mass is 35.5. The highest BCUT2D eigenvalue weighted by molar-refractivity contribution is 6.36. The van der Waals surface area contributed by atoms with Crippen molar-refractivity contribution in [2.45, 2.75) is 12.3 Å². The minimum absolute atomic E-state index is 0.0886. The number of hydrogen-bond donors (Lipinski definition) is 2. The first-order valence-corrected chi connectivity index (χ1v) is 9.67. The predicted molar refractivity (Wildman–Crippen MR) is 116 cm³/mol. The Morgan fingerprint density at radius 3 is 2.21 bits per heavy atom. The summed E-state index contributed by atoms with van der Waals surface area (Å²) >= 11 is 6.31. The third kappa shape index (κ3) is 4.08. The van der Waals surface area contributed by atoms with Crippen LogP contribution in [0, 0.1) is 0 Å². The molecule has 0 aliphatic rings. The summed E-state index contributed by atoms with van der Waals surface area (Å²) in [7, 11) is 0. The summed E-state index contributed by atoms with van der Waals surface area (Å²) in [6.07, 6.45) is 1.80. The second kappa shape index (κ2) is 8.33. The fraction of sp³-hybridized carbons (Fsp3) is 0.0833. The number of fused-ring (bicyclic) bond motifs is 1. The highest BCUT2D eigenvalue weighted by Gasteiger charge is 2.20. The van der Waals surface area contributed by atoms with Gasteiger partial charge in [0.2, 0.25) is 5.91 Å². The smallest absolute Gasteiger partial charge is 0.225 e. The molecule has 4 rings (SSSR count). The minimum Gasteiger partial charge on any atom is -0.504 e.